The number of hydrogen-bond donors (Lipinski definition) is 2. The molecule has 1 aliphatic heterocycles. The average Bonchev–Trinajstić information content (AvgIpc) is 2.49. The summed E-state index contributed by atoms with van der Waals surface area (Å²) in [7, 11) is 0. The summed E-state index contributed by atoms with van der Waals surface area (Å²) < 4.78 is 0. The van der Waals surface area contributed by atoms with Crippen LogP contribution >= 0.6 is 34.8 Å². The smallest absolute Gasteiger partial charge is 0.252 e. The number of rotatable bonds is 3. The highest BCUT2D eigenvalue weighted by Crippen LogP contribution is 2.16. The van der Waals surface area contributed by atoms with Crippen LogP contribution in [0.5, 0.6) is 0 Å². The van der Waals surface area contributed by atoms with Crippen molar-refractivity contribution in [2.75, 3.05) is 26.2 Å². The third-order valence-corrected chi connectivity index (χ3v) is 3.23. The van der Waals surface area contributed by atoms with Gasteiger partial charge in [-0.3, -0.25) is 14.4 Å². The second kappa shape index (κ2) is 9.12. The van der Waals surface area contributed by atoms with Crippen molar-refractivity contribution in [2.45, 2.75) is 0 Å². The summed E-state index contributed by atoms with van der Waals surface area (Å²) in [4.78, 5) is 32.6. The Bertz CT molecular complexity index is 455. The van der Waals surface area contributed by atoms with Gasteiger partial charge in [-0.2, -0.15) is 0 Å². The molecule has 2 rings (SSSR count). The Kier molecular flexibility index (Phi) is 7.85. The predicted octanol–water partition coefficient (Wildman–Crippen LogP) is 2.00. The Balaban J connectivity index is 0.000000304. The van der Waals surface area contributed by atoms with E-state index in [0.29, 0.717) is 0 Å². The molecule has 0 bridgehead atoms. The lowest BCUT2D eigenvalue weighted by Crippen LogP contribution is -2.39. The van der Waals surface area contributed by atoms with Gasteiger partial charge in [0.25, 0.3) is 15.7 Å². The molecule has 114 valence electrons. The summed E-state index contributed by atoms with van der Waals surface area (Å²) in [6.45, 7) is 4.56. The van der Waals surface area contributed by atoms with E-state index >= 15 is 0 Å². The molecule has 1 fully saturated rings. The lowest BCUT2D eigenvalue weighted by Gasteiger charge is -2.11. The highest BCUT2D eigenvalue weighted by molar-refractivity contribution is 6.70. The van der Waals surface area contributed by atoms with Gasteiger partial charge in [-0.05, 0) is 53.0 Å². The number of nitrogens with one attached hydrogen (secondary N) is 2. The molecule has 1 aromatic rings. The zero-order chi connectivity index (χ0) is 15.8. The third kappa shape index (κ3) is 6.54. The van der Waals surface area contributed by atoms with Crippen LogP contribution in [0.3, 0.4) is 0 Å². The van der Waals surface area contributed by atoms with E-state index in [-0.39, 0.29) is 16.7 Å². The number of piperazine rings is 1. The Morgan fingerprint density at radius 1 is 0.667 bits per heavy atom. The number of carbonyl (C=O) groups excluding carboxylic acids is 3. The maximum atomic E-state index is 10.9. The van der Waals surface area contributed by atoms with E-state index in [1.807, 2.05) is 0 Å². The number of carbonyl (C=O) groups is 3. The summed E-state index contributed by atoms with van der Waals surface area (Å²) in [6, 6.07) is 3.57. The van der Waals surface area contributed by atoms with E-state index in [2.05, 4.69) is 10.6 Å². The molecule has 0 aliphatic carbocycles. The van der Waals surface area contributed by atoms with E-state index in [0.717, 1.165) is 26.2 Å². The van der Waals surface area contributed by atoms with Crippen molar-refractivity contribution in [3.05, 3.63) is 34.9 Å². The predicted molar refractivity (Wildman–Crippen MR) is 82.7 cm³/mol. The molecule has 1 heterocycles. The van der Waals surface area contributed by atoms with Crippen molar-refractivity contribution in [3.63, 3.8) is 0 Å². The SMILES string of the molecule is C1CNCCN1.O=C(Cl)c1cc(C(=O)Cl)cc(C(=O)Cl)c1. The van der Waals surface area contributed by atoms with E-state index < -0.39 is 15.7 Å². The van der Waals surface area contributed by atoms with Crippen LogP contribution in [0.25, 0.3) is 0 Å². The molecule has 1 aromatic carbocycles. The Morgan fingerprint density at radius 2 is 0.905 bits per heavy atom. The molecular formula is C13H13Cl3N2O3. The van der Waals surface area contributed by atoms with Gasteiger partial charge in [0, 0.05) is 42.9 Å². The Labute approximate surface area is 136 Å². The Morgan fingerprint density at radius 3 is 1.05 bits per heavy atom. The van der Waals surface area contributed by atoms with Gasteiger partial charge in [-0.1, -0.05) is 0 Å². The van der Waals surface area contributed by atoms with Crippen LogP contribution in [0.1, 0.15) is 31.1 Å². The van der Waals surface area contributed by atoms with Crippen LogP contribution in [0.4, 0.5) is 0 Å². The highest BCUT2D eigenvalue weighted by Gasteiger charge is 2.12. The molecule has 0 spiro atoms. The minimum atomic E-state index is -0.797. The quantitative estimate of drug-likeness (QED) is 0.815. The van der Waals surface area contributed by atoms with Gasteiger partial charge in [-0.25, -0.2) is 0 Å². The largest absolute Gasteiger partial charge is 0.314 e. The molecule has 5 nitrogen and oxygen atoms in total. The first-order valence-electron chi connectivity index (χ1n) is 6.08. The van der Waals surface area contributed by atoms with Gasteiger partial charge in [-0.15, -0.1) is 0 Å². The van der Waals surface area contributed by atoms with E-state index in [1.165, 1.54) is 18.2 Å². The Hall–Kier alpha value is -0.980. The molecule has 0 saturated carbocycles. The van der Waals surface area contributed by atoms with Crippen LogP contribution in [-0.2, 0) is 0 Å². The van der Waals surface area contributed by atoms with Crippen molar-refractivity contribution >= 4 is 50.5 Å². The summed E-state index contributed by atoms with van der Waals surface area (Å²) in [5.74, 6) is 0. The fourth-order valence-electron chi connectivity index (χ4n) is 1.57. The number of benzene rings is 1. The minimum absolute atomic E-state index is 0.00725. The van der Waals surface area contributed by atoms with Crippen LogP contribution in [0.15, 0.2) is 18.2 Å². The summed E-state index contributed by atoms with van der Waals surface area (Å²) in [5.41, 5.74) is -0.0218. The van der Waals surface area contributed by atoms with Crippen LogP contribution < -0.4 is 10.6 Å². The van der Waals surface area contributed by atoms with Crippen molar-refractivity contribution in [2.24, 2.45) is 0 Å². The summed E-state index contributed by atoms with van der Waals surface area (Å²) in [6.07, 6.45) is 0. The molecule has 0 unspecified atom stereocenters. The molecular weight excluding hydrogens is 339 g/mol. The van der Waals surface area contributed by atoms with E-state index in [9.17, 15) is 14.4 Å². The van der Waals surface area contributed by atoms with Gasteiger partial charge in [0.1, 0.15) is 0 Å². The first-order chi connectivity index (χ1) is 9.91. The van der Waals surface area contributed by atoms with Gasteiger partial charge >= 0.3 is 0 Å². The first-order valence-corrected chi connectivity index (χ1v) is 7.21. The second-order valence-electron chi connectivity index (χ2n) is 4.12. The third-order valence-electron chi connectivity index (χ3n) is 2.57. The summed E-state index contributed by atoms with van der Waals surface area (Å²) >= 11 is 15.6. The molecule has 0 atom stereocenters. The van der Waals surface area contributed by atoms with Crippen molar-refractivity contribution < 1.29 is 14.4 Å². The topological polar surface area (TPSA) is 75.3 Å². The van der Waals surface area contributed by atoms with E-state index in [4.69, 9.17) is 34.8 Å². The summed E-state index contributed by atoms with van der Waals surface area (Å²) in [5, 5.41) is 4.05. The van der Waals surface area contributed by atoms with Gasteiger partial charge in [0.15, 0.2) is 0 Å². The first kappa shape index (κ1) is 18.1. The van der Waals surface area contributed by atoms with Gasteiger partial charge < -0.3 is 10.6 Å². The van der Waals surface area contributed by atoms with Gasteiger partial charge in [0.05, 0.1) is 0 Å². The van der Waals surface area contributed by atoms with Crippen molar-refractivity contribution in [1.82, 2.24) is 10.6 Å². The number of hydrogen-bond acceptors (Lipinski definition) is 5. The lowest BCUT2D eigenvalue weighted by molar-refractivity contribution is 0.108. The average molecular weight is 352 g/mol. The van der Waals surface area contributed by atoms with Crippen molar-refractivity contribution in [3.8, 4) is 0 Å². The van der Waals surface area contributed by atoms with Gasteiger partial charge in [0.2, 0.25) is 0 Å². The molecule has 1 saturated heterocycles. The van der Waals surface area contributed by atoms with Crippen LogP contribution in [0, 0.1) is 0 Å². The monoisotopic (exact) mass is 350 g/mol. The molecule has 2 N–H and O–H groups in total. The molecule has 0 aromatic heterocycles. The molecule has 0 amide bonds. The van der Waals surface area contributed by atoms with Crippen LogP contribution in [0.2, 0.25) is 0 Å². The fourth-order valence-corrected chi connectivity index (χ4v) is 1.90. The highest BCUT2D eigenvalue weighted by atomic mass is 35.5. The standard InChI is InChI=1S/C9H3Cl3O3.C4H10N2/c10-7(13)4-1-5(8(11)14)3-6(2-4)9(12)15;1-2-6-4-3-5-1/h1-3H;5-6H,1-4H2. The number of halogens is 3. The molecule has 1 aliphatic rings. The van der Waals surface area contributed by atoms with Crippen molar-refractivity contribution in [1.29, 1.82) is 0 Å². The fraction of sp³-hybridized carbons (Fsp3) is 0.308. The molecule has 8 heteroatoms. The molecule has 0 radical (unpaired) electrons. The lowest BCUT2D eigenvalue weighted by atomic mass is 10.1. The van der Waals surface area contributed by atoms with Crippen LogP contribution in [-0.4, -0.2) is 41.9 Å². The van der Waals surface area contributed by atoms with E-state index in [1.54, 1.807) is 0 Å². The zero-order valence-corrected chi connectivity index (χ0v) is 13.2. The zero-order valence-electron chi connectivity index (χ0n) is 10.9. The normalized spacial score (nSPS) is 13.9. The maximum absolute atomic E-state index is 10.9. The maximum Gasteiger partial charge on any atom is 0.252 e. The second-order valence-corrected chi connectivity index (χ2v) is 5.15. The molecule has 21 heavy (non-hydrogen) atoms. The minimum Gasteiger partial charge on any atom is -0.314 e.